The first-order valence-electron chi connectivity index (χ1n) is 5.27. The number of para-hydroxylation sites is 1. The molecule has 6 heteroatoms. The third-order valence-electron chi connectivity index (χ3n) is 2.51. The van der Waals surface area contributed by atoms with Crippen LogP contribution in [0.3, 0.4) is 0 Å². The first kappa shape index (κ1) is 11.9. The van der Waals surface area contributed by atoms with Crippen molar-refractivity contribution < 1.29 is 4.79 Å². The molecule has 0 saturated heterocycles. The van der Waals surface area contributed by atoms with E-state index in [1.165, 1.54) is 0 Å². The molecule has 0 spiro atoms. The van der Waals surface area contributed by atoms with Crippen LogP contribution in [-0.2, 0) is 4.79 Å². The number of imidazole rings is 1. The molecule has 1 heterocycles. The van der Waals surface area contributed by atoms with E-state index in [0.717, 1.165) is 5.52 Å². The summed E-state index contributed by atoms with van der Waals surface area (Å²) in [5, 5.41) is 3.21. The lowest BCUT2D eigenvalue weighted by Crippen LogP contribution is -2.27. The maximum absolute atomic E-state index is 11.6. The van der Waals surface area contributed by atoms with Crippen LogP contribution >= 0.6 is 11.6 Å². The molecule has 1 aromatic carbocycles. The van der Waals surface area contributed by atoms with E-state index >= 15 is 0 Å². The van der Waals surface area contributed by atoms with E-state index in [1.807, 2.05) is 12.1 Å². The van der Waals surface area contributed by atoms with Gasteiger partial charge in [0.2, 0.25) is 11.9 Å². The molecule has 1 unspecified atom stereocenters. The number of nitrogens with two attached hydrogens (primary N) is 1. The van der Waals surface area contributed by atoms with Crippen LogP contribution in [0.4, 0.5) is 5.95 Å². The molecule has 0 aliphatic heterocycles. The topological polar surface area (TPSA) is 83.8 Å². The molecule has 90 valence electrons. The molecule has 2 aromatic rings. The van der Waals surface area contributed by atoms with E-state index in [2.05, 4.69) is 15.3 Å². The second-order valence-electron chi connectivity index (χ2n) is 3.85. The van der Waals surface area contributed by atoms with Gasteiger partial charge in [-0.25, -0.2) is 4.98 Å². The average molecular weight is 253 g/mol. The summed E-state index contributed by atoms with van der Waals surface area (Å²) in [5.41, 5.74) is 6.84. The van der Waals surface area contributed by atoms with Crippen LogP contribution in [0.2, 0.25) is 5.02 Å². The second kappa shape index (κ2) is 4.73. The number of carbonyl (C=O) groups excluding carboxylic acids is 1. The van der Waals surface area contributed by atoms with Crippen molar-refractivity contribution in [1.29, 1.82) is 0 Å². The molecule has 0 fully saturated rings. The third-order valence-corrected chi connectivity index (χ3v) is 2.81. The number of halogens is 1. The number of aromatic amines is 1. The van der Waals surface area contributed by atoms with Gasteiger partial charge in [-0.15, -0.1) is 0 Å². The van der Waals surface area contributed by atoms with Crippen LogP contribution in [0.1, 0.15) is 6.92 Å². The van der Waals surface area contributed by atoms with Crippen LogP contribution in [0.25, 0.3) is 11.0 Å². The van der Waals surface area contributed by atoms with Crippen molar-refractivity contribution in [2.75, 3.05) is 11.9 Å². The number of carbonyl (C=O) groups is 1. The molecule has 4 N–H and O–H groups in total. The fraction of sp³-hybridized carbons (Fsp3) is 0.273. The number of benzene rings is 1. The van der Waals surface area contributed by atoms with Gasteiger partial charge in [-0.05, 0) is 12.1 Å². The monoisotopic (exact) mass is 252 g/mol. The van der Waals surface area contributed by atoms with Crippen LogP contribution in [0.5, 0.6) is 0 Å². The van der Waals surface area contributed by atoms with Crippen LogP contribution < -0.4 is 11.1 Å². The molecule has 0 radical (unpaired) electrons. The zero-order valence-corrected chi connectivity index (χ0v) is 10.1. The molecule has 1 amide bonds. The van der Waals surface area contributed by atoms with Crippen molar-refractivity contribution in [1.82, 2.24) is 9.97 Å². The maximum atomic E-state index is 11.6. The highest BCUT2D eigenvalue weighted by Crippen LogP contribution is 2.22. The molecule has 0 aliphatic carbocycles. The minimum absolute atomic E-state index is 0.164. The van der Waals surface area contributed by atoms with Gasteiger partial charge in [0.25, 0.3) is 0 Å². The number of rotatable bonds is 3. The Kier molecular flexibility index (Phi) is 3.31. The van der Waals surface area contributed by atoms with Gasteiger partial charge < -0.3 is 10.7 Å². The molecule has 17 heavy (non-hydrogen) atoms. The predicted molar refractivity (Wildman–Crippen MR) is 68.0 cm³/mol. The summed E-state index contributed by atoms with van der Waals surface area (Å²) in [6, 6.07) is 5.41. The lowest BCUT2D eigenvalue weighted by molar-refractivity contribution is -0.119. The van der Waals surface area contributed by atoms with Crippen LogP contribution in [0, 0.1) is 5.92 Å². The Morgan fingerprint density at radius 1 is 1.65 bits per heavy atom. The summed E-state index contributed by atoms with van der Waals surface area (Å²) >= 11 is 5.98. The second-order valence-corrected chi connectivity index (χ2v) is 4.25. The maximum Gasteiger partial charge on any atom is 0.230 e. The Labute approximate surface area is 103 Å². The SMILES string of the molecule is CC(CN)C(=O)Nc1nc2c(Cl)cccc2[nH]1. The highest BCUT2D eigenvalue weighted by atomic mass is 35.5. The average Bonchev–Trinajstić information content (AvgIpc) is 2.72. The van der Waals surface area contributed by atoms with E-state index in [4.69, 9.17) is 17.3 Å². The Morgan fingerprint density at radius 3 is 3.06 bits per heavy atom. The van der Waals surface area contributed by atoms with Crippen molar-refractivity contribution in [3.8, 4) is 0 Å². The molecule has 5 nitrogen and oxygen atoms in total. The molecule has 1 atom stereocenters. The highest BCUT2D eigenvalue weighted by molar-refractivity contribution is 6.35. The zero-order valence-electron chi connectivity index (χ0n) is 9.33. The lowest BCUT2D eigenvalue weighted by atomic mass is 10.2. The highest BCUT2D eigenvalue weighted by Gasteiger charge is 2.13. The van der Waals surface area contributed by atoms with E-state index in [1.54, 1.807) is 13.0 Å². The van der Waals surface area contributed by atoms with Gasteiger partial charge >= 0.3 is 0 Å². The summed E-state index contributed by atoms with van der Waals surface area (Å²) in [4.78, 5) is 18.8. The number of H-pyrrole nitrogens is 1. The summed E-state index contributed by atoms with van der Waals surface area (Å²) < 4.78 is 0. The number of hydrogen-bond acceptors (Lipinski definition) is 3. The Morgan fingerprint density at radius 2 is 2.41 bits per heavy atom. The predicted octanol–water partition coefficient (Wildman–Crippen LogP) is 1.75. The first-order chi connectivity index (χ1) is 8.11. The number of amides is 1. The largest absolute Gasteiger partial charge is 0.330 e. The number of nitrogens with zero attached hydrogens (tertiary/aromatic N) is 1. The molecular formula is C11H13ClN4O. The number of nitrogens with one attached hydrogen (secondary N) is 2. The minimum Gasteiger partial charge on any atom is -0.330 e. The Balaban J connectivity index is 2.26. The van der Waals surface area contributed by atoms with Gasteiger partial charge in [0.05, 0.1) is 10.5 Å². The first-order valence-corrected chi connectivity index (χ1v) is 5.64. The fourth-order valence-corrected chi connectivity index (χ4v) is 1.62. The number of anilines is 1. The number of aromatic nitrogens is 2. The molecule has 0 aliphatic rings. The van der Waals surface area contributed by atoms with Crippen molar-refractivity contribution in [3.05, 3.63) is 23.2 Å². The number of fused-ring (bicyclic) bond motifs is 1. The third kappa shape index (κ3) is 2.40. The molecule has 0 saturated carbocycles. The van der Waals surface area contributed by atoms with E-state index in [-0.39, 0.29) is 11.8 Å². The summed E-state index contributed by atoms with van der Waals surface area (Å²) in [6.45, 7) is 2.05. The zero-order chi connectivity index (χ0) is 12.4. The van der Waals surface area contributed by atoms with Gasteiger partial charge in [0.15, 0.2) is 0 Å². The van der Waals surface area contributed by atoms with Crippen molar-refractivity contribution in [2.45, 2.75) is 6.92 Å². The van der Waals surface area contributed by atoms with E-state index in [9.17, 15) is 4.79 Å². The van der Waals surface area contributed by atoms with E-state index in [0.29, 0.717) is 23.0 Å². The van der Waals surface area contributed by atoms with Crippen LogP contribution in [-0.4, -0.2) is 22.4 Å². The lowest BCUT2D eigenvalue weighted by Gasteiger charge is -2.06. The molecular weight excluding hydrogens is 240 g/mol. The number of hydrogen-bond donors (Lipinski definition) is 3. The minimum atomic E-state index is -0.251. The normalized spacial score (nSPS) is 12.6. The Bertz CT molecular complexity index is 551. The summed E-state index contributed by atoms with van der Waals surface area (Å²) in [6.07, 6.45) is 0. The fourth-order valence-electron chi connectivity index (χ4n) is 1.40. The van der Waals surface area contributed by atoms with Crippen molar-refractivity contribution in [2.24, 2.45) is 11.7 Å². The standard InChI is InChI=1S/C11H13ClN4O/c1-6(5-13)10(17)16-11-14-8-4-2-3-7(12)9(8)15-11/h2-4,6H,5,13H2,1H3,(H2,14,15,16,17). The Hall–Kier alpha value is -1.59. The molecule has 2 rings (SSSR count). The van der Waals surface area contributed by atoms with Crippen LogP contribution in [0.15, 0.2) is 18.2 Å². The quantitative estimate of drug-likeness (QED) is 0.778. The van der Waals surface area contributed by atoms with Crippen molar-refractivity contribution >= 4 is 34.5 Å². The summed E-state index contributed by atoms with van der Waals surface area (Å²) in [7, 11) is 0. The van der Waals surface area contributed by atoms with Gasteiger partial charge in [0.1, 0.15) is 5.52 Å². The molecule has 0 bridgehead atoms. The van der Waals surface area contributed by atoms with Gasteiger partial charge in [-0.1, -0.05) is 24.6 Å². The molecule has 1 aromatic heterocycles. The van der Waals surface area contributed by atoms with Crippen molar-refractivity contribution in [3.63, 3.8) is 0 Å². The van der Waals surface area contributed by atoms with Gasteiger partial charge in [-0.3, -0.25) is 10.1 Å². The van der Waals surface area contributed by atoms with Gasteiger partial charge in [-0.2, -0.15) is 0 Å². The van der Waals surface area contributed by atoms with Gasteiger partial charge in [0, 0.05) is 12.5 Å². The van der Waals surface area contributed by atoms with E-state index < -0.39 is 0 Å². The smallest absolute Gasteiger partial charge is 0.230 e. The summed E-state index contributed by atoms with van der Waals surface area (Å²) in [5.74, 6) is -0.0280.